The number of carbonyl (C=O) groups is 1. The van der Waals surface area contributed by atoms with Gasteiger partial charge in [0.1, 0.15) is 6.04 Å². The third-order valence-electron chi connectivity index (χ3n) is 1.39. The van der Waals surface area contributed by atoms with Crippen LogP contribution in [0.15, 0.2) is 0 Å². The second-order valence-corrected chi connectivity index (χ2v) is 7.12. The van der Waals surface area contributed by atoms with Crippen LogP contribution in [0.25, 0.3) is 0 Å². The molecule has 1 atom stereocenters. The van der Waals surface area contributed by atoms with E-state index in [2.05, 4.69) is 0 Å². The maximum atomic E-state index is 10.7. The van der Waals surface area contributed by atoms with E-state index in [1.54, 1.807) is 0 Å². The van der Waals surface area contributed by atoms with Crippen LogP contribution in [0.1, 0.15) is 0 Å². The summed E-state index contributed by atoms with van der Waals surface area (Å²) < 4.78 is 5.04. The Morgan fingerprint density at radius 2 is 2.33 bits per heavy atom. The normalized spacial score (nSPS) is 32.3. The molecule has 1 aliphatic rings. The zero-order chi connectivity index (χ0) is 7.07. The Kier molecular flexibility index (Phi) is 1.36. The molecule has 0 radical (unpaired) electrons. The number of hydrogen-bond donors (Lipinski definition) is 1. The Labute approximate surface area is 55.3 Å². The van der Waals surface area contributed by atoms with Gasteiger partial charge in [0.25, 0.3) is 8.32 Å². The molecule has 0 aliphatic carbocycles. The van der Waals surface area contributed by atoms with Crippen molar-refractivity contribution in [1.82, 2.24) is 0 Å². The Hall–Kier alpha value is -0.353. The molecule has 0 aromatic carbocycles. The highest BCUT2D eigenvalue weighted by Crippen LogP contribution is 2.21. The first-order valence-corrected chi connectivity index (χ1v) is 6.11. The van der Waals surface area contributed by atoms with E-state index >= 15 is 0 Å². The lowest BCUT2D eigenvalue weighted by Crippen LogP contribution is -2.25. The predicted octanol–water partition coefficient (Wildman–Crippen LogP) is 0.0756. The minimum absolute atomic E-state index is 0.216. The Morgan fingerprint density at radius 3 is 2.44 bits per heavy atom. The highest BCUT2D eigenvalue weighted by atomic mass is 28.4. The van der Waals surface area contributed by atoms with Gasteiger partial charge >= 0.3 is 5.97 Å². The maximum Gasteiger partial charge on any atom is 0.309 e. The van der Waals surface area contributed by atoms with Crippen LogP contribution in [0, 0.1) is 0 Å². The first-order chi connectivity index (χ1) is 4.01. The van der Waals surface area contributed by atoms with Crippen molar-refractivity contribution >= 4 is 14.3 Å². The molecule has 9 heavy (non-hydrogen) atoms. The van der Waals surface area contributed by atoms with Crippen molar-refractivity contribution < 1.29 is 9.22 Å². The molecule has 1 saturated heterocycles. The molecule has 2 N–H and O–H groups in total. The quantitative estimate of drug-likeness (QED) is 0.491. The SMILES string of the molecule is C[Si]1(C)C[C@H](N)C(=O)O1. The van der Waals surface area contributed by atoms with Crippen LogP contribution in [0.4, 0.5) is 0 Å². The molecule has 1 rings (SSSR count). The van der Waals surface area contributed by atoms with Crippen LogP contribution < -0.4 is 5.73 Å². The van der Waals surface area contributed by atoms with E-state index in [-0.39, 0.29) is 12.0 Å². The second-order valence-electron chi connectivity index (χ2n) is 2.99. The standard InChI is InChI=1S/C5H11NO2Si/c1-9(2)3-4(6)5(7)8-9/h4H,3,6H2,1-2H3/t4-/m0/s1. The summed E-state index contributed by atoms with van der Waals surface area (Å²) in [4.78, 5) is 10.7. The van der Waals surface area contributed by atoms with Gasteiger partial charge in [-0.25, -0.2) is 0 Å². The summed E-state index contributed by atoms with van der Waals surface area (Å²) >= 11 is 0. The first kappa shape index (κ1) is 6.76. The Morgan fingerprint density at radius 1 is 1.78 bits per heavy atom. The average Bonchev–Trinajstić information content (AvgIpc) is 1.79. The van der Waals surface area contributed by atoms with Crippen molar-refractivity contribution in [2.75, 3.05) is 0 Å². The minimum Gasteiger partial charge on any atom is -0.518 e. The highest BCUT2D eigenvalue weighted by Gasteiger charge is 2.40. The molecule has 0 unspecified atom stereocenters. The maximum absolute atomic E-state index is 10.7. The number of rotatable bonds is 0. The van der Waals surface area contributed by atoms with Gasteiger partial charge in [0.05, 0.1) is 0 Å². The van der Waals surface area contributed by atoms with E-state index in [0.717, 1.165) is 6.04 Å². The molecule has 0 spiro atoms. The number of nitrogens with two attached hydrogens (primary N) is 1. The van der Waals surface area contributed by atoms with Crippen molar-refractivity contribution in [2.24, 2.45) is 5.73 Å². The molecule has 52 valence electrons. The van der Waals surface area contributed by atoms with Gasteiger partial charge in [-0.05, 0) is 13.1 Å². The van der Waals surface area contributed by atoms with Crippen molar-refractivity contribution in [3.63, 3.8) is 0 Å². The van der Waals surface area contributed by atoms with Gasteiger partial charge in [-0.3, -0.25) is 4.79 Å². The lowest BCUT2D eigenvalue weighted by Gasteiger charge is -2.10. The Balaban J connectivity index is 2.65. The van der Waals surface area contributed by atoms with Gasteiger partial charge < -0.3 is 10.2 Å². The molecule has 1 aliphatic heterocycles. The zero-order valence-corrected chi connectivity index (χ0v) is 6.68. The summed E-state index contributed by atoms with van der Waals surface area (Å²) in [5, 5.41) is 0. The lowest BCUT2D eigenvalue weighted by molar-refractivity contribution is -0.133. The third-order valence-corrected chi connectivity index (χ3v) is 3.57. The van der Waals surface area contributed by atoms with E-state index in [1.807, 2.05) is 13.1 Å². The van der Waals surface area contributed by atoms with Crippen LogP contribution in [0.2, 0.25) is 19.1 Å². The van der Waals surface area contributed by atoms with Crippen molar-refractivity contribution in [2.45, 2.75) is 25.2 Å². The van der Waals surface area contributed by atoms with E-state index in [0.29, 0.717) is 0 Å². The molecule has 1 heterocycles. The summed E-state index contributed by atoms with van der Waals surface area (Å²) in [5.41, 5.74) is 5.41. The zero-order valence-electron chi connectivity index (χ0n) is 5.68. The monoisotopic (exact) mass is 145 g/mol. The number of hydrogen-bond acceptors (Lipinski definition) is 3. The molecule has 0 bridgehead atoms. The molecular formula is C5H11NO2Si. The van der Waals surface area contributed by atoms with Gasteiger partial charge in [0.15, 0.2) is 0 Å². The molecule has 0 amide bonds. The van der Waals surface area contributed by atoms with Gasteiger partial charge in [-0.1, -0.05) is 0 Å². The van der Waals surface area contributed by atoms with Gasteiger partial charge in [-0.15, -0.1) is 0 Å². The van der Waals surface area contributed by atoms with Crippen molar-refractivity contribution in [3.05, 3.63) is 0 Å². The smallest absolute Gasteiger partial charge is 0.309 e. The average molecular weight is 145 g/mol. The van der Waals surface area contributed by atoms with Gasteiger partial charge in [0, 0.05) is 6.04 Å². The number of carbonyl (C=O) groups excluding carboxylic acids is 1. The molecule has 3 nitrogen and oxygen atoms in total. The summed E-state index contributed by atoms with van der Waals surface area (Å²) in [6.07, 6.45) is 0. The van der Waals surface area contributed by atoms with Crippen LogP contribution in [0.5, 0.6) is 0 Å². The van der Waals surface area contributed by atoms with E-state index in [9.17, 15) is 4.79 Å². The summed E-state index contributed by atoms with van der Waals surface area (Å²) in [5.74, 6) is -0.216. The van der Waals surface area contributed by atoms with Gasteiger partial charge in [-0.2, -0.15) is 0 Å². The lowest BCUT2D eigenvalue weighted by atomic mass is 10.4. The molecule has 0 aromatic heterocycles. The fraction of sp³-hybridized carbons (Fsp3) is 0.800. The van der Waals surface area contributed by atoms with Crippen LogP contribution >= 0.6 is 0 Å². The van der Waals surface area contributed by atoms with Crippen LogP contribution in [-0.4, -0.2) is 20.3 Å². The van der Waals surface area contributed by atoms with Crippen molar-refractivity contribution in [1.29, 1.82) is 0 Å². The first-order valence-electron chi connectivity index (χ1n) is 3.00. The second kappa shape index (κ2) is 1.81. The minimum atomic E-state index is -1.64. The predicted molar refractivity (Wildman–Crippen MR) is 36.4 cm³/mol. The van der Waals surface area contributed by atoms with E-state index in [4.69, 9.17) is 10.2 Å². The van der Waals surface area contributed by atoms with Crippen LogP contribution in [0.3, 0.4) is 0 Å². The third kappa shape index (κ3) is 1.31. The van der Waals surface area contributed by atoms with Crippen molar-refractivity contribution in [3.8, 4) is 0 Å². The fourth-order valence-corrected chi connectivity index (χ4v) is 3.01. The van der Waals surface area contributed by atoms with E-state index < -0.39 is 8.32 Å². The fourth-order valence-electron chi connectivity index (χ4n) is 1.00. The molecule has 1 fully saturated rings. The summed E-state index contributed by atoms with van der Waals surface area (Å²) in [6.45, 7) is 4.00. The van der Waals surface area contributed by atoms with E-state index in [1.165, 1.54) is 0 Å². The largest absolute Gasteiger partial charge is 0.518 e. The summed E-state index contributed by atoms with van der Waals surface area (Å²) in [7, 11) is -1.64. The Bertz CT molecular complexity index is 146. The molecule has 0 saturated carbocycles. The molecular weight excluding hydrogens is 134 g/mol. The highest BCUT2D eigenvalue weighted by molar-refractivity contribution is 6.74. The summed E-state index contributed by atoms with van der Waals surface area (Å²) in [6, 6.07) is 0.429. The molecule has 0 aromatic rings. The topological polar surface area (TPSA) is 52.3 Å². The van der Waals surface area contributed by atoms with Crippen LogP contribution in [-0.2, 0) is 9.22 Å². The van der Waals surface area contributed by atoms with Gasteiger partial charge in [0.2, 0.25) is 0 Å². The molecule has 4 heteroatoms.